The third kappa shape index (κ3) is 2.27. The summed E-state index contributed by atoms with van der Waals surface area (Å²) in [5.74, 6) is 0.0111. The van der Waals surface area contributed by atoms with E-state index < -0.39 is 0 Å². The van der Waals surface area contributed by atoms with Crippen LogP contribution < -0.4 is 0 Å². The van der Waals surface area contributed by atoms with Gasteiger partial charge >= 0.3 is 0 Å². The molecule has 1 saturated heterocycles. The molecule has 1 aromatic heterocycles. The average molecular weight is 240 g/mol. The lowest BCUT2D eigenvalue weighted by Gasteiger charge is -2.31. The van der Waals surface area contributed by atoms with Crippen molar-refractivity contribution in [3.8, 4) is 0 Å². The van der Waals surface area contributed by atoms with Crippen LogP contribution in [0.4, 0.5) is 0 Å². The molecule has 2 rings (SSSR count). The van der Waals surface area contributed by atoms with Gasteiger partial charge in [0.1, 0.15) is 0 Å². The van der Waals surface area contributed by atoms with Crippen molar-refractivity contribution in [1.29, 1.82) is 0 Å². The number of amides is 1. The molecule has 1 amide bonds. The number of hydrogen-bond donors (Lipinski definition) is 0. The van der Waals surface area contributed by atoms with Crippen LogP contribution in [0.3, 0.4) is 0 Å². The quantitative estimate of drug-likeness (QED) is 0.740. The fourth-order valence-electron chi connectivity index (χ4n) is 1.99. The number of rotatable bonds is 2. The summed E-state index contributed by atoms with van der Waals surface area (Å²) in [5.41, 5.74) is 0. The molecule has 5 heteroatoms. The lowest BCUT2D eigenvalue weighted by molar-refractivity contribution is -0.127. The van der Waals surface area contributed by atoms with Crippen LogP contribution in [0.1, 0.15) is 18.9 Å². The van der Waals surface area contributed by atoms with E-state index in [1.54, 1.807) is 6.20 Å². The van der Waals surface area contributed by atoms with Crippen molar-refractivity contribution < 1.29 is 4.79 Å². The summed E-state index contributed by atoms with van der Waals surface area (Å²) in [6, 6.07) is 0.348. The Hall–Kier alpha value is -1.29. The van der Waals surface area contributed by atoms with Crippen molar-refractivity contribution in [2.24, 2.45) is 0 Å². The Morgan fingerprint density at radius 3 is 2.75 bits per heavy atom. The zero-order chi connectivity index (χ0) is 11.5. The molecule has 1 aliphatic heterocycles. The highest BCUT2D eigenvalue weighted by Gasteiger charge is 2.22. The third-order valence-corrected chi connectivity index (χ3v) is 3.09. The summed E-state index contributed by atoms with van der Waals surface area (Å²) >= 11 is 5.82. The van der Waals surface area contributed by atoms with Crippen LogP contribution in [0.15, 0.2) is 25.0 Å². The molecule has 0 bridgehead atoms. The summed E-state index contributed by atoms with van der Waals surface area (Å²) in [4.78, 5) is 13.2. The van der Waals surface area contributed by atoms with Crippen molar-refractivity contribution in [2.45, 2.75) is 18.9 Å². The van der Waals surface area contributed by atoms with Crippen LogP contribution in [-0.4, -0.2) is 33.7 Å². The van der Waals surface area contributed by atoms with Gasteiger partial charge in [-0.25, -0.2) is 0 Å². The molecule has 0 aliphatic carbocycles. The highest BCUT2D eigenvalue weighted by Crippen LogP contribution is 2.23. The maximum atomic E-state index is 11.4. The van der Waals surface area contributed by atoms with Crippen molar-refractivity contribution in [3.05, 3.63) is 30.1 Å². The molecule has 0 N–H and O–H groups in total. The van der Waals surface area contributed by atoms with Crippen LogP contribution in [0.5, 0.6) is 0 Å². The Bertz CT molecular complexity index is 394. The van der Waals surface area contributed by atoms with E-state index in [4.69, 9.17) is 11.6 Å². The van der Waals surface area contributed by atoms with Gasteiger partial charge in [-0.3, -0.25) is 9.48 Å². The minimum Gasteiger partial charge on any atom is -0.339 e. The van der Waals surface area contributed by atoms with Gasteiger partial charge in [-0.2, -0.15) is 5.10 Å². The Kier molecular flexibility index (Phi) is 3.29. The molecular weight excluding hydrogens is 226 g/mol. The van der Waals surface area contributed by atoms with Gasteiger partial charge < -0.3 is 4.90 Å². The summed E-state index contributed by atoms with van der Waals surface area (Å²) < 4.78 is 1.89. The van der Waals surface area contributed by atoms with Gasteiger partial charge in [-0.1, -0.05) is 18.2 Å². The number of hydrogen-bond acceptors (Lipinski definition) is 2. The Balaban J connectivity index is 1.95. The van der Waals surface area contributed by atoms with Crippen LogP contribution in [0, 0.1) is 0 Å². The van der Waals surface area contributed by atoms with Crippen molar-refractivity contribution in [3.63, 3.8) is 0 Å². The van der Waals surface area contributed by atoms with Crippen LogP contribution >= 0.6 is 11.6 Å². The van der Waals surface area contributed by atoms with Gasteiger partial charge in [0.2, 0.25) is 5.91 Å². The Labute approximate surface area is 99.5 Å². The second-order valence-corrected chi connectivity index (χ2v) is 4.34. The smallest absolute Gasteiger partial charge is 0.245 e. The van der Waals surface area contributed by atoms with E-state index in [1.165, 1.54) is 6.08 Å². The molecule has 0 aromatic carbocycles. The first-order valence-electron chi connectivity index (χ1n) is 5.31. The first kappa shape index (κ1) is 11.2. The standard InChI is InChI=1S/C11H14ClN3O/c1-2-11(16)14-5-3-10(4-6-14)15-8-9(12)7-13-15/h2,7-8,10H,1,3-6H2. The zero-order valence-corrected chi connectivity index (χ0v) is 9.73. The van der Waals surface area contributed by atoms with Gasteiger partial charge in [0.25, 0.3) is 0 Å². The molecule has 0 saturated carbocycles. The molecule has 1 aliphatic rings. The molecule has 0 radical (unpaired) electrons. The molecule has 16 heavy (non-hydrogen) atoms. The van der Waals surface area contributed by atoms with E-state index in [-0.39, 0.29) is 5.91 Å². The summed E-state index contributed by atoms with van der Waals surface area (Å²) in [6.45, 7) is 5.00. The summed E-state index contributed by atoms with van der Waals surface area (Å²) in [7, 11) is 0. The molecule has 0 spiro atoms. The fraction of sp³-hybridized carbons (Fsp3) is 0.455. The first-order valence-corrected chi connectivity index (χ1v) is 5.69. The van der Waals surface area contributed by atoms with Gasteiger partial charge in [-0.15, -0.1) is 0 Å². The van der Waals surface area contributed by atoms with Crippen LogP contribution in [-0.2, 0) is 4.79 Å². The number of carbonyl (C=O) groups excluding carboxylic acids is 1. The van der Waals surface area contributed by atoms with E-state index in [0.29, 0.717) is 11.1 Å². The highest BCUT2D eigenvalue weighted by atomic mass is 35.5. The number of carbonyl (C=O) groups is 1. The first-order chi connectivity index (χ1) is 7.70. The van der Waals surface area contributed by atoms with E-state index >= 15 is 0 Å². The molecule has 86 valence electrons. The van der Waals surface area contributed by atoms with Gasteiger partial charge in [0.05, 0.1) is 17.3 Å². The van der Waals surface area contributed by atoms with Gasteiger partial charge in [0.15, 0.2) is 0 Å². The van der Waals surface area contributed by atoms with E-state index in [0.717, 1.165) is 25.9 Å². The van der Waals surface area contributed by atoms with E-state index in [1.807, 2.05) is 15.8 Å². The third-order valence-electron chi connectivity index (χ3n) is 2.89. The molecule has 4 nitrogen and oxygen atoms in total. The molecule has 1 fully saturated rings. The SMILES string of the molecule is C=CC(=O)N1CCC(n2cc(Cl)cn2)CC1. The molecule has 0 atom stereocenters. The van der Waals surface area contributed by atoms with Gasteiger partial charge in [0, 0.05) is 19.3 Å². The van der Waals surface area contributed by atoms with Crippen molar-refractivity contribution >= 4 is 17.5 Å². The van der Waals surface area contributed by atoms with E-state index in [2.05, 4.69) is 11.7 Å². The monoisotopic (exact) mass is 239 g/mol. The average Bonchev–Trinajstić information content (AvgIpc) is 2.75. The predicted octanol–water partition coefficient (Wildman–Crippen LogP) is 1.89. The largest absolute Gasteiger partial charge is 0.339 e. The summed E-state index contributed by atoms with van der Waals surface area (Å²) in [6.07, 6.45) is 6.67. The molecular formula is C11H14ClN3O. The minimum atomic E-state index is 0.0111. The normalized spacial score (nSPS) is 17.4. The van der Waals surface area contributed by atoms with Crippen LogP contribution in [0.25, 0.3) is 0 Å². The Morgan fingerprint density at radius 2 is 2.25 bits per heavy atom. The summed E-state index contributed by atoms with van der Waals surface area (Å²) in [5, 5.41) is 4.85. The van der Waals surface area contributed by atoms with Gasteiger partial charge in [-0.05, 0) is 18.9 Å². The Morgan fingerprint density at radius 1 is 1.56 bits per heavy atom. The second kappa shape index (κ2) is 4.70. The highest BCUT2D eigenvalue weighted by molar-refractivity contribution is 6.30. The number of nitrogens with zero attached hydrogens (tertiary/aromatic N) is 3. The molecule has 0 unspecified atom stereocenters. The lowest BCUT2D eigenvalue weighted by Crippen LogP contribution is -2.38. The number of piperidine rings is 1. The predicted molar refractivity (Wildman–Crippen MR) is 62.3 cm³/mol. The maximum Gasteiger partial charge on any atom is 0.245 e. The number of likely N-dealkylation sites (tertiary alicyclic amines) is 1. The lowest BCUT2D eigenvalue weighted by atomic mass is 10.1. The fourth-order valence-corrected chi connectivity index (χ4v) is 2.14. The molecule has 2 heterocycles. The van der Waals surface area contributed by atoms with E-state index in [9.17, 15) is 4.79 Å². The minimum absolute atomic E-state index is 0.0111. The number of halogens is 1. The number of aromatic nitrogens is 2. The van der Waals surface area contributed by atoms with Crippen LogP contribution in [0.2, 0.25) is 5.02 Å². The van der Waals surface area contributed by atoms with Crippen molar-refractivity contribution in [2.75, 3.05) is 13.1 Å². The molecule has 1 aromatic rings. The topological polar surface area (TPSA) is 38.1 Å². The zero-order valence-electron chi connectivity index (χ0n) is 8.97. The maximum absolute atomic E-state index is 11.4. The second-order valence-electron chi connectivity index (χ2n) is 3.90. The van der Waals surface area contributed by atoms with Crippen molar-refractivity contribution in [1.82, 2.24) is 14.7 Å².